The Bertz CT molecular complexity index is 522. The number of fused-ring (bicyclic) bond motifs is 1. The number of ketones is 1. The molecule has 2 aliphatic heterocycles. The first-order valence-corrected chi connectivity index (χ1v) is 7.59. The molecule has 0 spiro atoms. The van der Waals surface area contributed by atoms with Crippen LogP contribution in [0, 0.1) is 6.92 Å². The smallest absolute Gasteiger partial charge is 0.193 e. The lowest BCUT2D eigenvalue weighted by atomic mass is 10.1. The van der Waals surface area contributed by atoms with Crippen LogP contribution >= 0.6 is 7.92 Å². The Labute approximate surface area is 103 Å². The van der Waals surface area contributed by atoms with Crippen LogP contribution in [0.2, 0.25) is 0 Å². The molecule has 0 N–H and O–H groups in total. The molecule has 1 atom stereocenters. The summed E-state index contributed by atoms with van der Waals surface area (Å²) in [5, 5.41) is 2.52. The number of rotatable bonds is 2. The van der Waals surface area contributed by atoms with Gasteiger partial charge in [0.25, 0.3) is 0 Å². The highest BCUT2D eigenvalue weighted by molar-refractivity contribution is 7.70. The van der Waals surface area contributed by atoms with Crippen molar-refractivity contribution in [2.45, 2.75) is 19.8 Å². The zero-order valence-corrected chi connectivity index (χ0v) is 10.8. The maximum atomic E-state index is 12.3. The van der Waals surface area contributed by atoms with E-state index < -0.39 is 0 Å². The number of allylic oxidation sites excluding steroid dienone is 4. The molecule has 1 aromatic rings. The molecule has 0 saturated heterocycles. The van der Waals surface area contributed by atoms with Crippen LogP contribution < -0.4 is 0 Å². The summed E-state index contributed by atoms with van der Waals surface area (Å²) in [6.45, 7) is 2.04. The van der Waals surface area contributed by atoms with Crippen molar-refractivity contribution in [3.05, 3.63) is 58.2 Å². The molecule has 0 fully saturated rings. The summed E-state index contributed by atoms with van der Waals surface area (Å²) in [4.78, 5) is 12.3. The molecule has 2 aliphatic rings. The molecule has 0 amide bonds. The summed E-state index contributed by atoms with van der Waals surface area (Å²) in [6, 6.07) is 7.91. The third-order valence-corrected chi connectivity index (χ3v) is 5.99. The molecule has 0 bridgehead atoms. The van der Waals surface area contributed by atoms with Gasteiger partial charge in [-0.25, -0.2) is 0 Å². The Balaban J connectivity index is 1.87. The van der Waals surface area contributed by atoms with E-state index in [1.54, 1.807) is 0 Å². The Morgan fingerprint density at radius 3 is 2.71 bits per heavy atom. The number of benzene rings is 1. The van der Waals surface area contributed by atoms with Crippen molar-refractivity contribution in [3.63, 3.8) is 0 Å². The molecule has 86 valence electrons. The van der Waals surface area contributed by atoms with Crippen LogP contribution in [-0.2, 0) is 0 Å². The molecule has 0 radical (unpaired) electrons. The third kappa shape index (κ3) is 1.89. The Hall–Kier alpha value is -1.20. The van der Waals surface area contributed by atoms with Crippen molar-refractivity contribution in [2.24, 2.45) is 0 Å². The molecule has 1 aromatic carbocycles. The largest absolute Gasteiger partial charge is 0.289 e. The number of hydrogen-bond acceptors (Lipinski definition) is 1. The number of Topliss-reactive ketones (excluding diaryl/α,β-unsaturated/α-hetero) is 1. The summed E-state index contributed by atoms with van der Waals surface area (Å²) in [5.74, 6) is 0.246. The lowest BCUT2D eigenvalue weighted by Crippen LogP contribution is -2.13. The van der Waals surface area contributed by atoms with Crippen molar-refractivity contribution in [3.8, 4) is 0 Å². The van der Waals surface area contributed by atoms with E-state index in [2.05, 4.69) is 12.2 Å². The van der Waals surface area contributed by atoms with Gasteiger partial charge in [0.2, 0.25) is 0 Å². The topological polar surface area (TPSA) is 17.1 Å². The van der Waals surface area contributed by atoms with E-state index in [4.69, 9.17) is 0 Å². The first-order valence-electron chi connectivity index (χ1n) is 6.06. The van der Waals surface area contributed by atoms with E-state index in [9.17, 15) is 4.79 Å². The van der Waals surface area contributed by atoms with Gasteiger partial charge in [-0.05, 0) is 45.2 Å². The van der Waals surface area contributed by atoms with Gasteiger partial charge in [0.15, 0.2) is 5.78 Å². The van der Waals surface area contributed by atoms with E-state index in [0.29, 0.717) is 0 Å². The number of carbonyl (C=O) groups excluding carboxylic acids is 1. The van der Waals surface area contributed by atoms with Crippen LogP contribution in [0.1, 0.15) is 28.8 Å². The van der Waals surface area contributed by atoms with Gasteiger partial charge in [0, 0.05) is 10.9 Å². The fraction of sp³-hybridized carbons (Fsp3) is 0.267. The second-order valence-corrected chi connectivity index (χ2v) is 6.95. The normalized spacial score (nSPS) is 22.1. The maximum absolute atomic E-state index is 12.3. The fourth-order valence-electron chi connectivity index (χ4n) is 2.33. The second-order valence-electron chi connectivity index (χ2n) is 4.65. The molecule has 1 unspecified atom stereocenters. The minimum absolute atomic E-state index is 0.234. The third-order valence-electron chi connectivity index (χ3n) is 3.37. The van der Waals surface area contributed by atoms with Gasteiger partial charge in [0.05, 0.1) is 0 Å². The molecule has 1 nitrogen and oxygen atoms in total. The van der Waals surface area contributed by atoms with E-state index >= 15 is 0 Å². The van der Waals surface area contributed by atoms with Crippen LogP contribution in [0.3, 0.4) is 0 Å². The Morgan fingerprint density at radius 1 is 1.24 bits per heavy atom. The molecule has 0 aromatic heterocycles. The highest BCUT2D eigenvalue weighted by atomic mass is 31.1. The Morgan fingerprint density at radius 2 is 2.00 bits per heavy atom. The highest BCUT2D eigenvalue weighted by Gasteiger charge is 2.32. The molecular formula is C15H15OP. The minimum atomic E-state index is -0.234. The quantitative estimate of drug-likeness (QED) is 0.560. The van der Waals surface area contributed by atoms with E-state index in [1.807, 2.05) is 31.2 Å². The van der Waals surface area contributed by atoms with E-state index in [1.165, 1.54) is 29.9 Å². The van der Waals surface area contributed by atoms with Crippen molar-refractivity contribution >= 4 is 13.7 Å². The predicted octanol–water partition coefficient (Wildman–Crippen LogP) is 4.23. The van der Waals surface area contributed by atoms with Crippen LogP contribution in [0.4, 0.5) is 0 Å². The van der Waals surface area contributed by atoms with Crippen LogP contribution in [0.15, 0.2) is 47.0 Å². The monoisotopic (exact) mass is 242 g/mol. The van der Waals surface area contributed by atoms with Gasteiger partial charge < -0.3 is 0 Å². The van der Waals surface area contributed by atoms with Crippen molar-refractivity contribution in [1.82, 2.24) is 0 Å². The summed E-state index contributed by atoms with van der Waals surface area (Å²) in [7, 11) is -0.234. The first-order chi connectivity index (χ1) is 8.25. The molecule has 3 rings (SSSR count). The maximum Gasteiger partial charge on any atom is 0.193 e. The summed E-state index contributed by atoms with van der Waals surface area (Å²) in [6.07, 6.45) is 8.06. The average molecular weight is 242 g/mol. The van der Waals surface area contributed by atoms with Gasteiger partial charge in [-0.1, -0.05) is 35.9 Å². The van der Waals surface area contributed by atoms with Crippen molar-refractivity contribution < 1.29 is 4.79 Å². The van der Waals surface area contributed by atoms with Crippen molar-refractivity contribution in [1.29, 1.82) is 0 Å². The molecule has 2 heterocycles. The zero-order valence-electron chi connectivity index (χ0n) is 9.94. The average Bonchev–Trinajstić information content (AvgIpc) is 2.31. The van der Waals surface area contributed by atoms with Gasteiger partial charge in [-0.2, -0.15) is 0 Å². The van der Waals surface area contributed by atoms with Crippen molar-refractivity contribution in [2.75, 3.05) is 6.16 Å². The molecule has 0 aliphatic carbocycles. The number of carbonyl (C=O) groups is 1. The molecule has 17 heavy (non-hydrogen) atoms. The van der Waals surface area contributed by atoms with Gasteiger partial charge >= 0.3 is 0 Å². The second kappa shape index (κ2) is 4.23. The summed E-state index contributed by atoms with van der Waals surface area (Å²) >= 11 is 0. The zero-order chi connectivity index (χ0) is 11.8. The van der Waals surface area contributed by atoms with Crippen LogP contribution in [-0.4, -0.2) is 11.9 Å². The standard InChI is InChI=1S/C15H15OP/c1-11-5-7-12(8-6-11)15(16)14-10-13-4-2-3-9-17(13)14/h4-8,10H,2-3,9H2,1H3. The van der Waals surface area contributed by atoms with Crippen LogP contribution in [0.5, 0.6) is 0 Å². The lowest BCUT2D eigenvalue weighted by molar-refractivity contribution is 0.104. The van der Waals surface area contributed by atoms with E-state index in [-0.39, 0.29) is 13.7 Å². The van der Waals surface area contributed by atoms with Gasteiger partial charge in [0.1, 0.15) is 0 Å². The molecule has 2 heteroatoms. The minimum Gasteiger partial charge on any atom is -0.289 e. The summed E-state index contributed by atoms with van der Waals surface area (Å²) in [5.41, 5.74) is 2.04. The lowest BCUT2D eigenvalue weighted by Gasteiger charge is -2.32. The predicted molar refractivity (Wildman–Crippen MR) is 72.7 cm³/mol. The van der Waals surface area contributed by atoms with E-state index in [0.717, 1.165) is 10.9 Å². The summed E-state index contributed by atoms with van der Waals surface area (Å²) < 4.78 is 0. The van der Waals surface area contributed by atoms with Gasteiger partial charge in [-0.3, -0.25) is 4.79 Å². The molecular weight excluding hydrogens is 227 g/mol. The highest BCUT2D eigenvalue weighted by Crippen LogP contribution is 2.64. The SMILES string of the molecule is Cc1ccc(C(=O)C2=CC3=CCCCP32)cc1. The first kappa shape index (κ1) is 10.9. The molecule has 0 saturated carbocycles. The Kier molecular flexibility index (Phi) is 2.72. The number of aryl methyl sites for hydroxylation is 1. The number of hydrogen-bond donors (Lipinski definition) is 0. The van der Waals surface area contributed by atoms with Gasteiger partial charge in [-0.15, -0.1) is 0 Å². The fourth-order valence-corrected chi connectivity index (χ4v) is 4.70. The van der Waals surface area contributed by atoms with Crippen LogP contribution in [0.25, 0.3) is 0 Å².